The lowest BCUT2D eigenvalue weighted by molar-refractivity contribution is 0.0168. The van der Waals surface area contributed by atoms with Gasteiger partial charge in [0.15, 0.2) is 0 Å². The highest BCUT2D eigenvalue weighted by Crippen LogP contribution is 2.14. The van der Waals surface area contributed by atoms with Crippen molar-refractivity contribution in [3.63, 3.8) is 0 Å². The highest BCUT2D eigenvalue weighted by atomic mass is 16.6. The number of hydrogen-bond donors (Lipinski definition) is 1. The minimum atomic E-state index is -0.375. The molecular formula is C11H22N2O2. The second kappa shape index (κ2) is 5.35. The van der Waals surface area contributed by atoms with Gasteiger partial charge in [0, 0.05) is 13.1 Å². The van der Waals surface area contributed by atoms with Crippen molar-refractivity contribution in [1.29, 1.82) is 0 Å². The summed E-state index contributed by atoms with van der Waals surface area (Å²) in [6.45, 7) is 7.71. The number of nitrogens with zero attached hydrogens (tertiary/aromatic N) is 1. The maximum absolute atomic E-state index is 11.5. The summed E-state index contributed by atoms with van der Waals surface area (Å²) < 4.78 is 5.30. The Balaban J connectivity index is 2.28. The number of hydrazine groups is 1. The van der Waals surface area contributed by atoms with Gasteiger partial charge in [-0.1, -0.05) is 13.3 Å². The summed E-state index contributed by atoms with van der Waals surface area (Å²) in [7, 11) is 0. The molecule has 88 valence electrons. The second-order valence-electron chi connectivity index (χ2n) is 4.66. The molecule has 1 saturated heterocycles. The van der Waals surface area contributed by atoms with Gasteiger partial charge in [0.1, 0.15) is 5.60 Å². The number of hydrogen-bond acceptors (Lipinski definition) is 3. The molecule has 15 heavy (non-hydrogen) atoms. The van der Waals surface area contributed by atoms with Crippen LogP contribution in [-0.4, -0.2) is 29.8 Å². The fourth-order valence-electron chi connectivity index (χ4n) is 1.48. The van der Waals surface area contributed by atoms with Gasteiger partial charge >= 0.3 is 6.09 Å². The molecule has 1 heterocycles. The third-order valence-electron chi connectivity index (χ3n) is 2.83. The Bertz CT molecular complexity index is 211. The zero-order chi connectivity index (χ0) is 11.3. The molecule has 0 aromatic carbocycles. The number of rotatable bonds is 3. The molecule has 1 fully saturated rings. The second-order valence-corrected chi connectivity index (χ2v) is 4.66. The van der Waals surface area contributed by atoms with Gasteiger partial charge < -0.3 is 4.74 Å². The number of carbonyl (C=O) groups is 1. The molecule has 1 aliphatic heterocycles. The van der Waals surface area contributed by atoms with Gasteiger partial charge in [-0.25, -0.2) is 9.80 Å². The highest BCUT2D eigenvalue weighted by Gasteiger charge is 2.22. The summed E-state index contributed by atoms with van der Waals surface area (Å²) in [6.07, 6.45) is 4.05. The lowest BCUT2D eigenvalue weighted by Gasteiger charge is -2.29. The molecule has 0 spiro atoms. The Kier molecular flexibility index (Phi) is 4.39. The summed E-state index contributed by atoms with van der Waals surface area (Å²) in [6, 6.07) is 0. The van der Waals surface area contributed by atoms with E-state index in [-0.39, 0.29) is 11.7 Å². The van der Waals surface area contributed by atoms with Crippen LogP contribution in [0.1, 0.15) is 46.5 Å². The van der Waals surface area contributed by atoms with E-state index in [0.29, 0.717) is 0 Å². The third-order valence-corrected chi connectivity index (χ3v) is 2.83. The quantitative estimate of drug-likeness (QED) is 0.783. The van der Waals surface area contributed by atoms with Gasteiger partial charge in [-0.15, -0.1) is 0 Å². The van der Waals surface area contributed by atoms with E-state index >= 15 is 0 Å². The van der Waals surface area contributed by atoms with Gasteiger partial charge in [-0.2, -0.15) is 0 Å². The Morgan fingerprint density at radius 1 is 1.33 bits per heavy atom. The zero-order valence-electron chi connectivity index (χ0n) is 10.0. The van der Waals surface area contributed by atoms with Gasteiger partial charge in [0.05, 0.1) is 0 Å². The first-order valence-corrected chi connectivity index (χ1v) is 5.78. The molecule has 4 nitrogen and oxygen atoms in total. The topological polar surface area (TPSA) is 41.6 Å². The first-order chi connectivity index (χ1) is 7.03. The molecule has 1 N–H and O–H groups in total. The van der Waals surface area contributed by atoms with E-state index in [1.54, 1.807) is 0 Å². The van der Waals surface area contributed by atoms with Crippen molar-refractivity contribution in [2.75, 3.05) is 13.1 Å². The van der Waals surface area contributed by atoms with Gasteiger partial charge in [-0.05, 0) is 33.1 Å². The van der Waals surface area contributed by atoms with Crippen LogP contribution in [-0.2, 0) is 4.74 Å². The molecule has 0 aliphatic carbocycles. The fourth-order valence-corrected chi connectivity index (χ4v) is 1.48. The molecule has 0 unspecified atom stereocenters. The van der Waals surface area contributed by atoms with E-state index in [4.69, 9.17) is 4.74 Å². The molecule has 0 aromatic rings. The van der Waals surface area contributed by atoms with E-state index < -0.39 is 0 Å². The SMILES string of the molecule is CCC(C)(C)OC(=O)NN1CCCCC1. The van der Waals surface area contributed by atoms with E-state index in [1.807, 2.05) is 25.8 Å². The average Bonchev–Trinajstić information content (AvgIpc) is 2.18. The number of piperidine rings is 1. The minimum absolute atomic E-state index is 0.330. The normalized spacial score (nSPS) is 18.6. The molecule has 1 aliphatic rings. The van der Waals surface area contributed by atoms with Crippen LogP contribution in [0.3, 0.4) is 0 Å². The molecule has 0 saturated carbocycles. The molecule has 0 radical (unpaired) electrons. The van der Waals surface area contributed by atoms with E-state index in [9.17, 15) is 4.79 Å². The van der Waals surface area contributed by atoms with Crippen molar-refractivity contribution in [3.05, 3.63) is 0 Å². The average molecular weight is 214 g/mol. The van der Waals surface area contributed by atoms with E-state index in [0.717, 1.165) is 32.4 Å². The fraction of sp³-hybridized carbons (Fsp3) is 0.909. The Morgan fingerprint density at radius 3 is 2.47 bits per heavy atom. The minimum Gasteiger partial charge on any atom is -0.443 e. The van der Waals surface area contributed by atoms with Gasteiger partial charge in [0.25, 0.3) is 0 Å². The molecule has 1 rings (SSSR count). The number of amides is 1. The van der Waals surface area contributed by atoms with Crippen LogP contribution < -0.4 is 5.43 Å². The van der Waals surface area contributed by atoms with Crippen molar-refractivity contribution in [2.24, 2.45) is 0 Å². The van der Waals surface area contributed by atoms with Crippen molar-refractivity contribution in [1.82, 2.24) is 10.4 Å². The summed E-state index contributed by atoms with van der Waals surface area (Å²) >= 11 is 0. The number of ether oxygens (including phenoxy) is 1. The van der Waals surface area contributed by atoms with Crippen molar-refractivity contribution >= 4 is 6.09 Å². The summed E-state index contributed by atoms with van der Waals surface area (Å²) in [5, 5.41) is 1.94. The van der Waals surface area contributed by atoms with Crippen LogP contribution in [0.5, 0.6) is 0 Å². The predicted molar refractivity (Wildman–Crippen MR) is 59.4 cm³/mol. The molecular weight excluding hydrogens is 192 g/mol. The monoisotopic (exact) mass is 214 g/mol. The van der Waals surface area contributed by atoms with Crippen LogP contribution in [0.25, 0.3) is 0 Å². The number of carbonyl (C=O) groups excluding carboxylic acids is 1. The summed E-state index contributed by atoms with van der Waals surface area (Å²) in [5.74, 6) is 0. The lowest BCUT2D eigenvalue weighted by atomic mass is 10.1. The molecule has 0 bridgehead atoms. The molecule has 0 aromatic heterocycles. The maximum Gasteiger partial charge on any atom is 0.422 e. The van der Waals surface area contributed by atoms with Gasteiger partial charge in [-0.3, -0.25) is 5.43 Å². The summed E-state index contributed by atoms with van der Waals surface area (Å²) in [4.78, 5) is 11.5. The van der Waals surface area contributed by atoms with Crippen molar-refractivity contribution < 1.29 is 9.53 Å². The maximum atomic E-state index is 11.5. The van der Waals surface area contributed by atoms with Crippen LogP contribution in [0.4, 0.5) is 4.79 Å². The van der Waals surface area contributed by atoms with E-state index in [2.05, 4.69) is 5.43 Å². The Hall–Kier alpha value is -0.770. The highest BCUT2D eigenvalue weighted by molar-refractivity contribution is 5.67. The van der Waals surface area contributed by atoms with Gasteiger partial charge in [0.2, 0.25) is 0 Å². The van der Waals surface area contributed by atoms with Crippen molar-refractivity contribution in [3.8, 4) is 0 Å². The first kappa shape index (κ1) is 12.3. The standard InChI is InChI=1S/C11H22N2O2/c1-4-11(2,3)15-10(14)12-13-8-6-5-7-9-13/h4-9H2,1-3H3,(H,12,14). The molecule has 4 heteroatoms. The van der Waals surface area contributed by atoms with E-state index in [1.165, 1.54) is 6.42 Å². The third kappa shape index (κ3) is 4.51. The largest absolute Gasteiger partial charge is 0.443 e. The van der Waals surface area contributed by atoms with Crippen LogP contribution >= 0.6 is 0 Å². The first-order valence-electron chi connectivity index (χ1n) is 5.78. The van der Waals surface area contributed by atoms with Crippen LogP contribution in [0.2, 0.25) is 0 Å². The van der Waals surface area contributed by atoms with Crippen molar-refractivity contribution in [2.45, 2.75) is 52.1 Å². The number of nitrogens with one attached hydrogen (secondary N) is 1. The predicted octanol–water partition coefficient (Wildman–Crippen LogP) is 2.30. The Morgan fingerprint density at radius 2 is 1.93 bits per heavy atom. The Labute approximate surface area is 91.9 Å². The molecule has 0 atom stereocenters. The molecule has 1 amide bonds. The van der Waals surface area contributed by atoms with Crippen LogP contribution in [0.15, 0.2) is 0 Å². The van der Waals surface area contributed by atoms with Crippen LogP contribution in [0, 0.1) is 0 Å². The lowest BCUT2D eigenvalue weighted by Crippen LogP contribution is -2.47. The smallest absolute Gasteiger partial charge is 0.422 e. The summed E-state index contributed by atoms with van der Waals surface area (Å²) in [5.41, 5.74) is 2.41. The zero-order valence-corrected chi connectivity index (χ0v) is 10.0.